The van der Waals surface area contributed by atoms with Gasteiger partial charge in [0.15, 0.2) is 0 Å². The Balaban J connectivity index is 0.000000162. The lowest BCUT2D eigenvalue weighted by Crippen LogP contribution is -2.18. The zero-order valence-corrected chi connectivity index (χ0v) is 16.8. The lowest BCUT2D eigenvalue weighted by atomic mass is 9.78. The minimum absolute atomic E-state index is 0.0858. The molecule has 0 bridgehead atoms. The van der Waals surface area contributed by atoms with E-state index in [0.717, 1.165) is 6.42 Å². The van der Waals surface area contributed by atoms with Crippen molar-refractivity contribution in [3.8, 4) is 0 Å². The molecular formula is C28H28. The van der Waals surface area contributed by atoms with Crippen LogP contribution < -0.4 is 0 Å². The number of rotatable bonds is 4. The van der Waals surface area contributed by atoms with E-state index in [1.165, 1.54) is 22.3 Å². The van der Waals surface area contributed by atoms with Gasteiger partial charge in [-0.1, -0.05) is 135 Å². The van der Waals surface area contributed by atoms with Gasteiger partial charge >= 0.3 is 0 Å². The number of hydrogen-bond acceptors (Lipinski definition) is 0. The second-order valence-corrected chi connectivity index (χ2v) is 7.51. The predicted molar refractivity (Wildman–Crippen MR) is 121 cm³/mol. The third-order valence-electron chi connectivity index (χ3n) is 5.08. The van der Waals surface area contributed by atoms with Crippen molar-refractivity contribution in [2.75, 3.05) is 0 Å². The average Bonchev–Trinajstić information content (AvgIpc) is 2.77. The second kappa shape index (κ2) is 9.71. The molecule has 0 spiro atoms. The Bertz CT molecular complexity index is 845. The van der Waals surface area contributed by atoms with Crippen LogP contribution in [0, 0.1) is 0 Å². The minimum Gasteiger partial charge on any atom is -0.0622 e. The Morgan fingerprint density at radius 2 is 0.714 bits per heavy atom. The Morgan fingerprint density at radius 1 is 0.429 bits per heavy atom. The summed E-state index contributed by atoms with van der Waals surface area (Å²) in [6, 6.07) is 42.3. The van der Waals surface area contributed by atoms with Gasteiger partial charge in [-0.15, -0.1) is 0 Å². The highest BCUT2D eigenvalue weighted by Gasteiger charge is 2.21. The van der Waals surface area contributed by atoms with Crippen molar-refractivity contribution >= 4 is 0 Å². The molecule has 0 heteroatoms. The van der Waals surface area contributed by atoms with Gasteiger partial charge in [0.05, 0.1) is 0 Å². The van der Waals surface area contributed by atoms with E-state index in [1.54, 1.807) is 0 Å². The first-order chi connectivity index (χ1) is 13.7. The van der Waals surface area contributed by atoms with E-state index in [1.807, 2.05) is 0 Å². The third kappa shape index (κ3) is 5.44. The SMILES string of the molecule is CC(C)(c1ccccc1)c1ccccc1.c1ccc(Cc2ccccc2)cc1. The first kappa shape index (κ1) is 19.6. The molecule has 0 saturated heterocycles. The topological polar surface area (TPSA) is 0 Å². The van der Waals surface area contributed by atoms with E-state index in [0.29, 0.717) is 0 Å². The first-order valence-electron chi connectivity index (χ1n) is 9.85. The van der Waals surface area contributed by atoms with Crippen LogP contribution in [-0.4, -0.2) is 0 Å². The van der Waals surface area contributed by atoms with Gasteiger partial charge in [0.2, 0.25) is 0 Å². The minimum atomic E-state index is 0.0858. The summed E-state index contributed by atoms with van der Waals surface area (Å²) < 4.78 is 0. The van der Waals surface area contributed by atoms with Gasteiger partial charge < -0.3 is 0 Å². The maximum absolute atomic E-state index is 2.26. The van der Waals surface area contributed by atoms with Crippen molar-refractivity contribution in [1.82, 2.24) is 0 Å². The van der Waals surface area contributed by atoms with Crippen LogP contribution in [0.5, 0.6) is 0 Å². The molecule has 4 aromatic rings. The molecule has 4 rings (SSSR count). The molecule has 4 aromatic carbocycles. The van der Waals surface area contributed by atoms with Crippen LogP contribution in [0.15, 0.2) is 121 Å². The molecule has 0 aromatic heterocycles. The molecule has 0 fully saturated rings. The molecule has 0 amide bonds. The second-order valence-electron chi connectivity index (χ2n) is 7.51. The normalized spacial score (nSPS) is 10.6. The molecule has 0 nitrogen and oxygen atoms in total. The summed E-state index contributed by atoms with van der Waals surface area (Å²) in [7, 11) is 0. The first-order valence-corrected chi connectivity index (χ1v) is 9.85. The van der Waals surface area contributed by atoms with Gasteiger partial charge in [0, 0.05) is 5.41 Å². The third-order valence-corrected chi connectivity index (χ3v) is 5.08. The summed E-state index contributed by atoms with van der Waals surface area (Å²) in [5.74, 6) is 0. The molecule has 0 atom stereocenters. The molecule has 0 aliphatic heterocycles. The van der Waals surface area contributed by atoms with Gasteiger partial charge in [0.1, 0.15) is 0 Å². The van der Waals surface area contributed by atoms with Crippen molar-refractivity contribution in [3.63, 3.8) is 0 Å². The van der Waals surface area contributed by atoms with Crippen molar-refractivity contribution in [2.24, 2.45) is 0 Å². The lowest BCUT2D eigenvalue weighted by Gasteiger charge is -2.25. The van der Waals surface area contributed by atoms with Crippen LogP contribution in [0.1, 0.15) is 36.1 Å². The molecule has 0 saturated carbocycles. The van der Waals surface area contributed by atoms with Gasteiger partial charge in [-0.05, 0) is 28.7 Å². The Kier molecular flexibility index (Phi) is 6.81. The van der Waals surface area contributed by atoms with E-state index in [-0.39, 0.29) is 5.41 Å². The molecule has 0 heterocycles. The maximum Gasteiger partial charge on any atom is 0.0146 e. The Hall–Kier alpha value is -3.12. The highest BCUT2D eigenvalue weighted by molar-refractivity contribution is 5.37. The fourth-order valence-corrected chi connectivity index (χ4v) is 3.30. The zero-order valence-electron chi connectivity index (χ0n) is 16.8. The van der Waals surface area contributed by atoms with Gasteiger partial charge in [-0.3, -0.25) is 0 Å². The van der Waals surface area contributed by atoms with Crippen LogP contribution in [0.25, 0.3) is 0 Å². The molecule has 0 radical (unpaired) electrons. The Morgan fingerprint density at radius 3 is 1.04 bits per heavy atom. The fourth-order valence-electron chi connectivity index (χ4n) is 3.30. The molecule has 28 heavy (non-hydrogen) atoms. The van der Waals surface area contributed by atoms with Crippen molar-refractivity contribution in [2.45, 2.75) is 25.7 Å². The Labute approximate surface area is 169 Å². The van der Waals surface area contributed by atoms with Crippen molar-refractivity contribution in [3.05, 3.63) is 144 Å². The van der Waals surface area contributed by atoms with E-state index < -0.39 is 0 Å². The molecule has 0 aliphatic carbocycles. The van der Waals surface area contributed by atoms with Gasteiger partial charge in [-0.25, -0.2) is 0 Å². The quantitative estimate of drug-likeness (QED) is 0.356. The monoisotopic (exact) mass is 364 g/mol. The van der Waals surface area contributed by atoms with Crippen LogP contribution in [-0.2, 0) is 11.8 Å². The van der Waals surface area contributed by atoms with Crippen LogP contribution in [0.4, 0.5) is 0 Å². The molecule has 140 valence electrons. The molecular weight excluding hydrogens is 336 g/mol. The summed E-state index contributed by atoms with van der Waals surface area (Å²) in [6.07, 6.45) is 1.03. The zero-order chi connectivity index (χ0) is 19.7. The van der Waals surface area contributed by atoms with E-state index in [9.17, 15) is 0 Å². The predicted octanol–water partition coefficient (Wildman–Crippen LogP) is 7.29. The lowest BCUT2D eigenvalue weighted by molar-refractivity contribution is 0.641. The molecule has 0 aliphatic rings. The fraction of sp³-hybridized carbons (Fsp3) is 0.143. The summed E-state index contributed by atoms with van der Waals surface area (Å²) in [6.45, 7) is 4.52. The van der Waals surface area contributed by atoms with Crippen molar-refractivity contribution < 1.29 is 0 Å². The van der Waals surface area contributed by atoms with Crippen molar-refractivity contribution in [1.29, 1.82) is 0 Å². The smallest absolute Gasteiger partial charge is 0.0146 e. The van der Waals surface area contributed by atoms with Gasteiger partial charge in [-0.2, -0.15) is 0 Å². The summed E-state index contributed by atoms with van der Waals surface area (Å²) in [5, 5.41) is 0. The molecule has 0 unspecified atom stereocenters. The van der Waals surface area contributed by atoms with Crippen LogP contribution >= 0.6 is 0 Å². The largest absolute Gasteiger partial charge is 0.0622 e. The number of benzene rings is 4. The summed E-state index contributed by atoms with van der Waals surface area (Å²) in [4.78, 5) is 0. The average molecular weight is 365 g/mol. The van der Waals surface area contributed by atoms with E-state index >= 15 is 0 Å². The van der Waals surface area contributed by atoms with Crippen LogP contribution in [0.3, 0.4) is 0 Å². The van der Waals surface area contributed by atoms with Gasteiger partial charge in [0.25, 0.3) is 0 Å². The van der Waals surface area contributed by atoms with Crippen LogP contribution in [0.2, 0.25) is 0 Å². The standard InChI is InChI=1S/C15H16.C13H12/c1-15(2,13-9-5-3-6-10-13)14-11-7-4-8-12-14;1-3-7-12(8-4-1)11-13-9-5-2-6-10-13/h3-12H,1-2H3;1-10H,11H2. The highest BCUT2D eigenvalue weighted by atomic mass is 14.2. The maximum atomic E-state index is 2.26. The summed E-state index contributed by atoms with van der Waals surface area (Å²) >= 11 is 0. The van der Waals surface area contributed by atoms with E-state index in [2.05, 4.69) is 135 Å². The van der Waals surface area contributed by atoms with E-state index in [4.69, 9.17) is 0 Å². The highest BCUT2D eigenvalue weighted by Crippen LogP contribution is 2.30. The molecule has 0 N–H and O–H groups in total. The number of hydrogen-bond donors (Lipinski definition) is 0. The summed E-state index contributed by atoms with van der Waals surface area (Å²) in [5.41, 5.74) is 5.54.